The van der Waals surface area contributed by atoms with E-state index in [-0.39, 0.29) is 0 Å². The third-order valence-corrected chi connectivity index (χ3v) is 5.80. The van der Waals surface area contributed by atoms with E-state index in [0.29, 0.717) is 12.1 Å². The largest absolute Gasteiger partial charge is 0.490 e. The third kappa shape index (κ3) is 13.3. The Bertz CT molecular complexity index is 1130. The van der Waals surface area contributed by atoms with Crippen molar-refractivity contribution in [1.82, 2.24) is 14.8 Å². The van der Waals surface area contributed by atoms with Crippen LogP contribution >= 0.6 is 0 Å². The quantitative estimate of drug-likeness (QED) is 0.402. The normalized spacial score (nSPS) is 18.7. The van der Waals surface area contributed by atoms with E-state index in [2.05, 4.69) is 33.0 Å². The van der Waals surface area contributed by atoms with Gasteiger partial charge < -0.3 is 19.7 Å². The van der Waals surface area contributed by atoms with Crippen molar-refractivity contribution < 1.29 is 73.6 Å². The van der Waals surface area contributed by atoms with Crippen LogP contribution in [0.4, 0.5) is 39.5 Å². The molecule has 0 saturated carbocycles. The molecule has 2 aliphatic rings. The predicted molar refractivity (Wildman–Crippen MR) is 126 cm³/mol. The van der Waals surface area contributed by atoms with Gasteiger partial charge in [-0.2, -0.15) is 39.5 Å². The molecular formula is C24H26F9N3O7. The molecule has 2 atom stereocenters. The minimum Gasteiger partial charge on any atom is -0.475 e. The van der Waals surface area contributed by atoms with Gasteiger partial charge in [0.15, 0.2) is 0 Å². The summed E-state index contributed by atoms with van der Waals surface area (Å²) in [5, 5.41) is 21.4. The van der Waals surface area contributed by atoms with Crippen LogP contribution in [0.2, 0.25) is 0 Å². The number of alkyl halides is 9. The SMILES string of the molecule is Cc1ccc(CN2CC[C@H]3[C@H]2CCN3Cc2cccnc2)o1.O=C(O)C(F)(F)F.O=C(O)C(F)(F)F.O=C(O)C(F)(F)F. The molecule has 0 amide bonds. The van der Waals surface area contributed by atoms with Gasteiger partial charge in [0.1, 0.15) is 11.5 Å². The smallest absolute Gasteiger partial charge is 0.475 e. The zero-order chi connectivity index (χ0) is 33.2. The van der Waals surface area contributed by atoms with Crippen molar-refractivity contribution in [3.63, 3.8) is 0 Å². The second-order valence-corrected chi connectivity index (χ2v) is 8.94. The molecular weight excluding hydrogens is 613 g/mol. The Morgan fingerprint density at radius 1 is 0.791 bits per heavy atom. The minimum absolute atomic E-state index is 0.682. The van der Waals surface area contributed by atoms with Crippen LogP contribution in [-0.2, 0) is 27.5 Å². The fourth-order valence-corrected chi connectivity index (χ4v) is 4.05. The summed E-state index contributed by atoms with van der Waals surface area (Å²) in [5.41, 5.74) is 1.32. The zero-order valence-corrected chi connectivity index (χ0v) is 22.1. The van der Waals surface area contributed by atoms with Gasteiger partial charge in [-0.1, -0.05) is 6.07 Å². The van der Waals surface area contributed by atoms with Crippen molar-refractivity contribution >= 4 is 17.9 Å². The Hall–Kier alpha value is -3.87. The van der Waals surface area contributed by atoms with Crippen LogP contribution in [0.5, 0.6) is 0 Å². The fraction of sp³-hybridized carbons (Fsp3) is 0.500. The number of rotatable bonds is 4. The molecule has 2 fully saturated rings. The molecule has 4 heterocycles. The van der Waals surface area contributed by atoms with Crippen LogP contribution in [0.15, 0.2) is 41.1 Å². The van der Waals surface area contributed by atoms with Crippen LogP contribution in [0.1, 0.15) is 29.9 Å². The van der Waals surface area contributed by atoms with Gasteiger partial charge >= 0.3 is 36.4 Å². The third-order valence-electron chi connectivity index (χ3n) is 5.80. The average molecular weight is 639 g/mol. The number of pyridine rings is 1. The molecule has 0 spiro atoms. The molecule has 3 N–H and O–H groups in total. The van der Waals surface area contributed by atoms with Gasteiger partial charge in [-0.3, -0.25) is 14.8 Å². The van der Waals surface area contributed by atoms with Crippen molar-refractivity contribution in [2.75, 3.05) is 13.1 Å². The van der Waals surface area contributed by atoms with Gasteiger partial charge in [0.05, 0.1) is 6.54 Å². The standard InChI is InChI=1S/C18H23N3O.3C2HF3O2/c1-14-4-5-16(22-14)13-21-10-7-17-18(21)6-9-20(17)12-15-3-2-8-19-11-15;3*3-2(4,5)1(6)7/h2-5,8,11,17-18H,6-7,9-10,12-13H2,1H3;3*(H,6,7)/t17-,18+;;;/m0.../s1. The first-order valence-electron chi connectivity index (χ1n) is 12.0. The number of nitrogens with zero attached hydrogens (tertiary/aromatic N) is 3. The topological polar surface area (TPSA) is 144 Å². The second-order valence-electron chi connectivity index (χ2n) is 8.94. The Morgan fingerprint density at radius 3 is 1.53 bits per heavy atom. The Morgan fingerprint density at radius 2 is 1.21 bits per heavy atom. The molecule has 4 rings (SSSR count). The molecule has 2 aromatic heterocycles. The highest BCUT2D eigenvalue weighted by molar-refractivity contribution is 5.73. The summed E-state index contributed by atoms with van der Waals surface area (Å²) >= 11 is 0. The molecule has 2 saturated heterocycles. The lowest BCUT2D eigenvalue weighted by molar-refractivity contribution is -0.193. The maximum Gasteiger partial charge on any atom is 0.490 e. The van der Waals surface area contributed by atoms with E-state index in [1.54, 1.807) is 0 Å². The molecule has 0 unspecified atom stereocenters. The lowest BCUT2D eigenvalue weighted by atomic mass is 10.1. The zero-order valence-electron chi connectivity index (χ0n) is 22.1. The summed E-state index contributed by atoms with van der Waals surface area (Å²) in [5.74, 6) is -6.16. The summed E-state index contributed by atoms with van der Waals surface area (Å²) < 4.78 is 101. The van der Waals surface area contributed by atoms with Crippen molar-refractivity contribution in [1.29, 1.82) is 0 Å². The van der Waals surface area contributed by atoms with E-state index in [4.69, 9.17) is 34.1 Å². The molecule has 19 heteroatoms. The number of hydrogen-bond acceptors (Lipinski definition) is 7. The summed E-state index contributed by atoms with van der Waals surface area (Å²) in [6.45, 7) is 6.37. The number of carbonyl (C=O) groups is 3. The Kier molecular flexibility index (Phi) is 13.4. The molecule has 0 aromatic carbocycles. The van der Waals surface area contributed by atoms with Crippen LogP contribution < -0.4 is 0 Å². The van der Waals surface area contributed by atoms with Crippen molar-refractivity contribution in [3.8, 4) is 0 Å². The number of furan rings is 1. The van der Waals surface area contributed by atoms with Crippen LogP contribution in [0, 0.1) is 6.92 Å². The molecule has 0 aliphatic carbocycles. The van der Waals surface area contributed by atoms with Crippen molar-refractivity contribution in [3.05, 3.63) is 53.7 Å². The van der Waals surface area contributed by atoms with E-state index in [9.17, 15) is 39.5 Å². The summed E-state index contributed by atoms with van der Waals surface area (Å²) in [6, 6.07) is 9.76. The number of halogens is 9. The number of fused-ring (bicyclic) bond motifs is 1. The summed E-state index contributed by atoms with van der Waals surface area (Å²) in [6.07, 6.45) is -8.88. The number of carboxylic acid groups (broad SMARTS) is 3. The molecule has 2 aliphatic heterocycles. The molecule has 242 valence electrons. The molecule has 10 nitrogen and oxygen atoms in total. The summed E-state index contributed by atoms with van der Waals surface area (Å²) in [4.78, 5) is 36.2. The molecule has 0 bridgehead atoms. The van der Waals surface area contributed by atoms with Crippen LogP contribution in [-0.4, -0.2) is 91.7 Å². The highest BCUT2D eigenvalue weighted by Crippen LogP contribution is 2.33. The lowest BCUT2D eigenvalue weighted by Gasteiger charge is -2.25. The average Bonchev–Trinajstić information content (AvgIpc) is 3.58. The number of likely N-dealkylation sites (tertiary alicyclic amines) is 2. The van der Waals surface area contributed by atoms with Gasteiger partial charge in [-0.25, -0.2) is 14.4 Å². The van der Waals surface area contributed by atoms with E-state index < -0.39 is 36.4 Å². The van der Waals surface area contributed by atoms with Crippen molar-refractivity contribution in [2.24, 2.45) is 0 Å². The fourth-order valence-electron chi connectivity index (χ4n) is 4.05. The van der Waals surface area contributed by atoms with Gasteiger partial charge in [0.25, 0.3) is 0 Å². The van der Waals surface area contributed by atoms with Crippen LogP contribution in [0.25, 0.3) is 0 Å². The molecule has 0 radical (unpaired) electrons. The highest BCUT2D eigenvalue weighted by Gasteiger charge is 2.42. The second kappa shape index (κ2) is 15.6. The number of aryl methyl sites for hydroxylation is 1. The maximum absolute atomic E-state index is 10.6. The van der Waals surface area contributed by atoms with E-state index in [1.807, 2.05) is 25.4 Å². The van der Waals surface area contributed by atoms with E-state index >= 15 is 0 Å². The minimum atomic E-state index is -5.08. The van der Waals surface area contributed by atoms with Gasteiger partial charge in [0, 0.05) is 44.1 Å². The molecule has 43 heavy (non-hydrogen) atoms. The first-order chi connectivity index (χ1) is 19.6. The first-order valence-corrected chi connectivity index (χ1v) is 12.0. The maximum atomic E-state index is 10.6. The van der Waals surface area contributed by atoms with E-state index in [0.717, 1.165) is 24.6 Å². The number of hydrogen-bond donors (Lipinski definition) is 3. The Labute approximate surface area is 237 Å². The Balaban J connectivity index is 0.000000363. The number of carboxylic acids is 3. The number of aliphatic carboxylic acids is 3. The van der Waals surface area contributed by atoms with Crippen molar-refractivity contribution in [2.45, 2.75) is 63.5 Å². The van der Waals surface area contributed by atoms with E-state index in [1.165, 1.54) is 31.5 Å². The summed E-state index contributed by atoms with van der Waals surface area (Å²) in [7, 11) is 0. The highest BCUT2D eigenvalue weighted by atomic mass is 19.4. The van der Waals surface area contributed by atoms with Gasteiger partial charge in [-0.15, -0.1) is 0 Å². The number of aromatic nitrogens is 1. The van der Waals surface area contributed by atoms with Gasteiger partial charge in [0.2, 0.25) is 0 Å². The first kappa shape index (κ1) is 37.2. The lowest BCUT2D eigenvalue weighted by Crippen LogP contribution is -2.35. The van der Waals surface area contributed by atoms with Gasteiger partial charge in [-0.05, 0) is 43.5 Å². The predicted octanol–water partition coefficient (Wildman–Crippen LogP) is 4.73. The molecule has 2 aromatic rings. The monoisotopic (exact) mass is 639 g/mol. The van der Waals surface area contributed by atoms with Crippen LogP contribution in [0.3, 0.4) is 0 Å².